The van der Waals surface area contributed by atoms with Crippen LogP contribution in [0.4, 0.5) is 5.69 Å². The van der Waals surface area contributed by atoms with Crippen molar-refractivity contribution in [2.45, 2.75) is 4.21 Å². The molecule has 0 saturated heterocycles. The number of methoxy groups -OCH3 is 1. The highest BCUT2D eigenvalue weighted by Crippen LogP contribution is 2.29. The van der Waals surface area contributed by atoms with Crippen LogP contribution in [0.3, 0.4) is 0 Å². The van der Waals surface area contributed by atoms with Gasteiger partial charge in [-0.25, -0.2) is 13.4 Å². The lowest BCUT2D eigenvalue weighted by Crippen LogP contribution is -2.11. The Balaban J connectivity index is 1.94. The zero-order valence-electron chi connectivity index (χ0n) is 11.9. The van der Waals surface area contributed by atoms with Gasteiger partial charge < -0.3 is 9.30 Å². The summed E-state index contributed by atoms with van der Waals surface area (Å²) < 4.78 is 34.3. The van der Waals surface area contributed by atoms with Gasteiger partial charge in [-0.3, -0.25) is 4.72 Å². The third-order valence-electron chi connectivity index (χ3n) is 3.02. The molecule has 9 heteroatoms. The van der Waals surface area contributed by atoms with Gasteiger partial charge in [-0.15, -0.1) is 11.3 Å². The van der Waals surface area contributed by atoms with E-state index < -0.39 is 10.0 Å². The van der Waals surface area contributed by atoms with Crippen molar-refractivity contribution in [1.29, 1.82) is 0 Å². The monoisotopic (exact) mass is 369 g/mol. The number of nitrogens with one attached hydrogen (secondary N) is 1. The van der Waals surface area contributed by atoms with Gasteiger partial charge in [0.25, 0.3) is 10.0 Å². The summed E-state index contributed by atoms with van der Waals surface area (Å²) >= 11 is 6.97. The summed E-state index contributed by atoms with van der Waals surface area (Å²) in [6, 6.07) is 8.21. The summed E-state index contributed by atoms with van der Waals surface area (Å²) in [6.07, 6.45) is 3.19. The molecule has 0 bridgehead atoms. The van der Waals surface area contributed by atoms with Crippen LogP contribution in [-0.4, -0.2) is 25.1 Å². The van der Waals surface area contributed by atoms with Gasteiger partial charge in [0, 0.05) is 12.3 Å². The van der Waals surface area contributed by atoms with Gasteiger partial charge in [0.1, 0.15) is 21.4 Å². The molecule has 2 heterocycles. The highest BCUT2D eigenvalue weighted by Gasteiger charge is 2.16. The molecule has 0 aliphatic heterocycles. The standard InChI is InChI=1S/C14H12ClN3O3S2/c1-21-12-7-10(17-23(19,20)14-3-2-6-22-14)4-5-11(12)18-8-13(15)16-9-18/h2-9,17H,1H3. The van der Waals surface area contributed by atoms with Crippen molar-refractivity contribution in [2.24, 2.45) is 0 Å². The average molecular weight is 370 g/mol. The van der Waals surface area contributed by atoms with Gasteiger partial charge in [-0.05, 0) is 23.6 Å². The van der Waals surface area contributed by atoms with Crippen LogP contribution in [-0.2, 0) is 10.0 Å². The Morgan fingerprint density at radius 1 is 1.35 bits per heavy atom. The molecule has 0 fully saturated rings. The molecule has 3 rings (SSSR count). The first-order chi connectivity index (χ1) is 11.0. The van der Waals surface area contributed by atoms with E-state index in [-0.39, 0.29) is 4.21 Å². The zero-order chi connectivity index (χ0) is 16.4. The predicted octanol–water partition coefficient (Wildman–Crippen LogP) is 3.40. The molecular formula is C14H12ClN3O3S2. The van der Waals surface area contributed by atoms with E-state index in [0.717, 1.165) is 11.3 Å². The second-order valence-electron chi connectivity index (χ2n) is 4.53. The number of thiophene rings is 1. The van der Waals surface area contributed by atoms with Crippen molar-refractivity contribution < 1.29 is 13.2 Å². The number of anilines is 1. The summed E-state index contributed by atoms with van der Waals surface area (Å²) in [5.74, 6) is 0.491. The van der Waals surface area contributed by atoms with Crippen LogP contribution in [0.1, 0.15) is 0 Å². The maximum atomic E-state index is 12.2. The fraction of sp³-hybridized carbons (Fsp3) is 0.0714. The molecule has 0 radical (unpaired) electrons. The van der Waals surface area contributed by atoms with Gasteiger partial charge in [-0.1, -0.05) is 17.7 Å². The van der Waals surface area contributed by atoms with Crippen LogP contribution in [0.2, 0.25) is 5.15 Å². The third kappa shape index (κ3) is 3.34. The molecule has 1 aromatic carbocycles. The lowest BCUT2D eigenvalue weighted by atomic mass is 10.2. The molecule has 0 spiro atoms. The van der Waals surface area contributed by atoms with E-state index in [1.165, 1.54) is 7.11 Å². The average Bonchev–Trinajstić information content (AvgIpc) is 3.18. The van der Waals surface area contributed by atoms with Crippen LogP contribution in [0.5, 0.6) is 5.75 Å². The zero-order valence-corrected chi connectivity index (χ0v) is 14.3. The van der Waals surface area contributed by atoms with E-state index in [4.69, 9.17) is 16.3 Å². The maximum Gasteiger partial charge on any atom is 0.271 e. The van der Waals surface area contributed by atoms with Crippen molar-refractivity contribution in [3.8, 4) is 11.4 Å². The van der Waals surface area contributed by atoms with Gasteiger partial charge >= 0.3 is 0 Å². The molecule has 0 amide bonds. The topological polar surface area (TPSA) is 73.2 Å². The number of ether oxygens (including phenoxy) is 1. The highest BCUT2D eigenvalue weighted by atomic mass is 35.5. The summed E-state index contributed by atoms with van der Waals surface area (Å²) in [5, 5.41) is 2.07. The predicted molar refractivity (Wildman–Crippen MR) is 90.3 cm³/mol. The number of sulfonamides is 1. The maximum absolute atomic E-state index is 12.2. The molecule has 23 heavy (non-hydrogen) atoms. The number of imidazole rings is 1. The molecular weight excluding hydrogens is 358 g/mol. The SMILES string of the molecule is COc1cc(NS(=O)(=O)c2cccs2)ccc1-n1cnc(Cl)c1. The Kier molecular flexibility index (Phi) is 4.29. The largest absolute Gasteiger partial charge is 0.494 e. The second-order valence-corrected chi connectivity index (χ2v) is 7.77. The minimum atomic E-state index is -3.60. The quantitative estimate of drug-likeness (QED) is 0.748. The molecule has 3 aromatic rings. The molecule has 0 aliphatic rings. The van der Waals surface area contributed by atoms with E-state index >= 15 is 0 Å². The minimum Gasteiger partial charge on any atom is -0.494 e. The van der Waals surface area contributed by atoms with E-state index in [1.807, 2.05) is 0 Å². The number of rotatable bonds is 5. The van der Waals surface area contributed by atoms with Crippen molar-refractivity contribution in [3.63, 3.8) is 0 Å². The minimum absolute atomic E-state index is 0.252. The Bertz CT molecular complexity index is 921. The van der Waals surface area contributed by atoms with Crippen molar-refractivity contribution in [2.75, 3.05) is 11.8 Å². The summed E-state index contributed by atoms with van der Waals surface area (Å²) in [7, 11) is -2.09. The molecule has 120 valence electrons. The van der Waals surface area contributed by atoms with E-state index in [9.17, 15) is 8.42 Å². The first-order valence-corrected chi connectivity index (χ1v) is 9.18. The van der Waals surface area contributed by atoms with Crippen LogP contribution in [0.15, 0.2) is 52.4 Å². The normalized spacial score (nSPS) is 11.4. The van der Waals surface area contributed by atoms with E-state index in [1.54, 1.807) is 52.8 Å². The van der Waals surface area contributed by atoms with Crippen LogP contribution in [0, 0.1) is 0 Å². The van der Waals surface area contributed by atoms with Crippen molar-refractivity contribution in [3.05, 3.63) is 53.4 Å². The first kappa shape index (κ1) is 15.9. The lowest BCUT2D eigenvalue weighted by Gasteiger charge is -2.12. The van der Waals surface area contributed by atoms with E-state index in [2.05, 4.69) is 9.71 Å². The first-order valence-electron chi connectivity index (χ1n) is 6.44. The molecule has 2 aromatic heterocycles. The molecule has 1 N–H and O–H groups in total. The van der Waals surface area contributed by atoms with Crippen molar-refractivity contribution in [1.82, 2.24) is 9.55 Å². The molecule has 0 unspecified atom stereocenters. The number of halogens is 1. The van der Waals surface area contributed by atoms with Gasteiger partial charge in [0.15, 0.2) is 0 Å². The van der Waals surface area contributed by atoms with Gasteiger partial charge in [0.05, 0.1) is 18.5 Å². The molecule has 0 aliphatic carbocycles. The van der Waals surface area contributed by atoms with Crippen LogP contribution >= 0.6 is 22.9 Å². The van der Waals surface area contributed by atoms with Crippen LogP contribution < -0.4 is 9.46 Å². The number of hydrogen-bond acceptors (Lipinski definition) is 5. The Hall–Kier alpha value is -2.03. The summed E-state index contributed by atoms with van der Waals surface area (Å²) in [6.45, 7) is 0. The Morgan fingerprint density at radius 2 is 2.17 bits per heavy atom. The van der Waals surface area contributed by atoms with E-state index in [0.29, 0.717) is 22.3 Å². The molecule has 6 nitrogen and oxygen atoms in total. The smallest absolute Gasteiger partial charge is 0.271 e. The van der Waals surface area contributed by atoms with Crippen molar-refractivity contribution >= 4 is 38.6 Å². The van der Waals surface area contributed by atoms with Crippen LogP contribution in [0.25, 0.3) is 5.69 Å². The molecule has 0 saturated carbocycles. The number of aromatic nitrogens is 2. The number of hydrogen-bond donors (Lipinski definition) is 1. The summed E-state index contributed by atoms with van der Waals surface area (Å²) in [4.78, 5) is 3.95. The Labute approximate surface area is 142 Å². The lowest BCUT2D eigenvalue weighted by molar-refractivity contribution is 0.413. The highest BCUT2D eigenvalue weighted by molar-refractivity contribution is 7.94. The van der Waals surface area contributed by atoms with Gasteiger partial charge in [0.2, 0.25) is 0 Å². The third-order valence-corrected chi connectivity index (χ3v) is 6.00. The number of nitrogens with zero attached hydrogens (tertiary/aromatic N) is 2. The fourth-order valence-corrected chi connectivity index (χ4v) is 4.20. The summed E-state index contributed by atoms with van der Waals surface area (Å²) in [5.41, 5.74) is 1.11. The van der Waals surface area contributed by atoms with Gasteiger partial charge in [-0.2, -0.15) is 0 Å². The number of benzene rings is 1. The fourth-order valence-electron chi connectivity index (χ4n) is 2.01. The Morgan fingerprint density at radius 3 is 2.78 bits per heavy atom. The second kappa shape index (κ2) is 6.23. The molecule has 0 atom stereocenters.